The maximum Gasteiger partial charge on any atom is 0.180 e. The number of nitrogens with zero attached hydrogens (tertiary/aromatic N) is 5. The monoisotopic (exact) mass is 260 g/mol. The summed E-state index contributed by atoms with van der Waals surface area (Å²) < 4.78 is 1.94. The molecule has 3 rings (SSSR count). The van der Waals surface area contributed by atoms with Crippen LogP contribution >= 0.6 is 0 Å². The van der Waals surface area contributed by atoms with Gasteiger partial charge in [-0.15, -0.1) is 0 Å². The topological polar surface area (TPSA) is 62.7 Å². The molecule has 2 aromatic rings. The van der Waals surface area contributed by atoms with Gasteiger partial charge in [-0.05, 0) is 13.0 Å². The van der Waals surface area contributed by atoms with Crippen molar-refractivity contribution in [3.8, 4) is 0 Å². The van der Waals surface area contributed by atoms with Crippen molar-refractivity contribution in [1.29, 1.82) is 0 Å². The Kier molecular flexibility index (Phi) is 3.25. The second kappa shape index (κ2) is 5.05. The number of fused-ring (bicyclic) bond motifs is 1. The van der Waals surface area contributed by atoms with Crippen molar-refractivity contribution < 1.29 is 0 Å². The van der Waals surface area contributed by atoms with Gasteiger partial charge in [0.2, 0.25) is 0 Å². The molecule has 102 valence electrons. The van der Waals surface area contributed by atoms with Crippen LogP contribution in [0.1, 0.15) is 13.3 Å². The summed E-state index contributed by atoms with van der Waals surface area (Å²) in [4.78, 5) is 13.6. The fraction of sp³-hybridized carbons (Fsp3) is 0.538. The first kappa shape index (κ1) is 12.2. The number of nitrogens with two attached hydrogens (primary N) is 1. The third-order valence-corrected chi connectivity index (χ3v) is 3.59. The van der Waals surface area contributed by atoms with Gasteiger partial charge in [-0.1, -0.05) is 6.92 Å². The molecule has 2 aromatic heterocycles. The molecule has 0 amide bonds. The van der Waals surface area contributed by atoms with E-state index < -0.39 is 0 Å². The van der Waals surface area contributed by atoms with Gasteiger partial charge in [-0.25, -0.2) is 9.97 Å². The molecule has 0 spiro atoms. The Hall–Kier alpha value is -1.82. The lowest BCUT2D eigenvalue weighted by Crippen LogP contribution is -2.47. The van der Waals surface area contributed by atoms with Gasteiger partial charge in [-0.3, -0.25) is 4.90 Å². The van der Waals surface area contributed by atoms with Crippen molar-refractivity contribution in [2.75, 3.05) is 43.4 Å². The molecule has 0 atom stereocenters. The highest BCUT2D eigenvalue weighted by Gasteiger charge is 2.20. The molecule has 1 fully saturated rings. The summed E-state index contributed by atoms with van der Waals surface area (Å²) in [5.41, 5.74) is 6.76. The van der Waals surface area contributed by atoms with Crippen molar-refractivity contribution >= 4 is 17.3 Å². The molecule has 6 heteroatoms. The Morgan fingerprint density at radius 2 is 2.05 bits per heavy atom. The van der Waals surface area contributed by atoms with Crippen LogP contribution in [-0.4, -0.2) is 52.0 Å². The van der Waals surface area contributed by atoms with Crippen LogP contribution in [0.3, 0.4) is 0 Å². The molecular weight excluding hydrogens is 240 g/mol. The summed E-state index contributed by atoms with van der Waals surface area (Å²) >= 11 is 0. The van der Waals surface area contributed by atoms with Crippen molar-refractivity contribution in [3.05, 3.63) is 18.6 Å². The molecule has 0 radical (unpaired) electrons. The van der Waals surface area contributed by atoms with E-state index in [0.29, 0.717) is 5.82 Å². The molecule has 0 unspecified atom stereocenters. The van der Waals surface area contributed by atoms with E-state index in [1.807, 2.05) is 10.6 Å². The number of aromatic nitrogens is 3. The minimum atomic E-state index is 0.538. The predicted molar refractivity (Wildman–Crippen MR) is 76.3 cm³/mol. The summed E-state index contributed by atoms with van der Waals surface area (Å²) in [7, 11) is 0. The lowest BCUT2D eigenvalue weighted by molar-refractivity contribution is 0.258. The first-order valence-corrected chi connectivity index (χ1v) is 6.84. The highest BCUT2D eigenvalue weighted by Crippen LogP contribution is 2.20. The van der Waals surface area contributed by atoms with Gasteiger partial charge in [0.05, 0.1) is 6.20 Å². The molecule has 2 N–H and O–H groups in total. The van der Waals surface area contributed by atoms with Crippen LogP contribution in [0.5, 0.6) is 0 Å². The van der Waals surface area contributed by atoms with Crippen LogP contribution in [0, 0.1) is 0 Å². The van der Waals surface area contributed by atoms with E-state index in [4.69, 9.17) is 5.73 Å². The Morgan fingerprint density at radius 3 is 2.79 bits per heavy atom. The van der Waals surface area contributed by atoms with Gasteiger partial charge in [0.25, 0.3) is 0 Å². The van der Waals surface area contributed by atoms with E-state index in [1.165, 1.54) is 13.0 Å². The van der Waals surface area contributed by atoms with Gasteiger partial charge in [0, 0.05) is 38.6 Å². The quantitative estimate of drug-likeness (QED) is 0.886. The van der Waals surface area contributed by atoms with Crippen LogP contribution in [0.25, 0.3) is 5.65 Å². The Morgan fingerprint density at radius 1 is 1.26 bits per heavy atom. The average Bonchev–Trinajstić information content (AvgIpc) is 2.87. The maximum atomic E-state index is 5.87. The standard InChI is InChI=1S/C13H20N6/c1-2-4-17-6-8-18(9-7-17)13-12-15-3-5-19(12)10-11(14)16-13/h3,5,10H,2,4,6-9,14H2,1H3. The van der Waals surface area contributed by atoms with Gasteiger partial charge < -0.3 is 15.0 Å². The van der Waals surface area contributed by atoms with Crippen LogP contribution in [-0.2, 0) is 0 Å². The second-order valence-corrected chi connectivity index (χ2v) is 4.98. The fourth-order valence-electron chi connectivity index (χ4n) is 2.65. The highest BCUT2D eigenvalue weighted by molar-refractivity contribution is 5.66. The number of hydrogen-bond acceptors (Lipinski definition) is 5. The summed E-state index contributed by atoms with van der Waals surface area (Å²) in [6.45, 7) is 7.53. The van der Waals surface area contributed by atoms with E-state index in [0.717, 1.165) is 37.6 Å². The Labute approximate surface area is 112 Å². The zero-order chi connectivity index (χ0) is 13.2. The molecule has 0 bridgehead atoms. The van der Waals surface area contributed by atoms with E-state index in [2.05, 4.69) is 26.7 Å². The lowest BCUT2D eigenvalue weighted by atomic mass is 10.3. The first-order chi connectivity index (χ1) is 9.28. The minimum Gasteiger partial charge on any atom is -0.382 e. The van der Waals surface area contributed by atoms with E-state index >= 15 is 0 Å². The first-order valence-electron chi connectivity index (χ1n) is 6.84. The smallest absolute Gasteiger partial charge is 0.180 e. The third kappa shape index (κ3) is 2.35. The highest BCUT2D eigenvalue weighted by atomic mass is 15.3. The normalized spacial score (nSPS) is 17.2. The molecule has 3 heterocycles. The van der Waals surface area contributed by atoms with Crippen LogP contribution in [0.15, 0.2) is 18.6 Å². The number of nitrogen functional groups attached to an aromatic ring is 1. The van der Waals surface area contributed by atoms with Gasteiger partial charge in [-0.2, -0.15) is 0 Å². The van der Waals surface area contributed by atoms with E-state index in [1.54, 1.807) is 12.4 Å². The molecule has 0 saturated carbocycles. The molecule has 19 heavy (non-hydrogen) atoms. The average molecular weight is 260 g/mol. The fourth-order valence-corrected chi connectivity index (χ4v) is 2.65. The zero-order valence-electron chi connectivity index (χ0n) is 11.3. The molecule has 6 nitrogen and oxygen atoms in total. The zero-order valence-corrected chi connectivity index (χ0v) is 11.3. The summed E-state index contributed by atoms with van der Waals surface area (Å²) in [6.07, 6.45) is 6.71. The van der Waals surface area contributed by atoms with Crippen molar-refractivity contribution in [2.45, 2.75) is 13.3 Å². The Balaban J connectivity index is 1.83. The lowest BCUT2D eigenvalue weighted by Gasteiger charge is -2.35. The minimum absolute atomic E-state index is 0.538. The van der Waals surface area contributed by atoms with Crippen molar-refractivity contribution in [2.24, 2.45) is 0 Å². The summed E-state index contributed by atoms with van der Waals surface area (Å²) in [5.74, 6) is 1.44. The summed E-state index contributed by atoms with van der Waals surface area (Å²) in [6, 6.07) is 0. The number of piperazine rings is 1. The Bertz CT molecular complexity index is 555. The predicted octanol–water partition coefficient (Wildman–Crippen LogP) is 0.843. The third-order valence-electron chi connectivity index (χ3n) is 3.59. The molecule has 1 saturated heterocycles. The number of imidazole rings is 1. The van der Waals surface area contributed by atoms with Crippen LogP contribution < -0.4 is 10.6 Å². The molecular formula is C13H20N6. The number of rotatable bonds is 3. The van der Waals surface area contributed by atoms with E-state index in [9.17, 15) is 0 Å². The van der Waals surface area contributed by atoms with Gasteiger partial charge >= 0.3 is 0 Å². The molecule has 1 aliphatic heterocycles. The number of anilines is 2. The number of hydrogen-bond donors (Lipinski definition) is 1. The largest absolute Gasteiger partial charge is 0.382 e. The second-order valence-electron chi connectivity index (χ2n) is 4.98. The SMILES string of the molecule is CCCN1CCN(c2nc(N)cn3ccnc23)CC1. The van der Waals surface area contributed by atoms with Crippen LogP contribution in [0.2, 0.25) is 0 Å². The molecule has 0 aromatic carbocycles. The van der Waals surface area contributed by atoms with Gasteiger partial charge in [0.15, 0.2) is 11.5 Å². The molecule has 0 aliphatic carbocycles. The van der Waals surface area contributed by atoms with Gasteiger partial charge in [0.1, 0.15) is 5.82 Å². The van der Waals surface area contributed by atoms with Crippen LogP contribution in [0.4, 0.5) is 11.6 Å². The van der Waals surface area contributed by atoms with Crippen molar-refractivity contribution in [3.63, 3.8) is 0 Å². The van der Waals surface area contributed by atoms with Crippen molar-refractivity contribution in [1.82, 2.24) is 19.3 Å². The molecule has 1 aliphatic rings. The van der Waals surface area contributed by atoms with E-state index in [-0.39, 0.29) is 0 Å². The summed E-state index contributed by atoms with van der Waals surface area (Å²) in [5, 5.41) is 0. The maximum absolute atomic E-state index is 5.87.